The Morgan fingerprint density at radius 1 is 0.267 bits per heavy atom. The van der Waals surface area contributed by atoms with Crippen molar-refractivity contribution >= 4 is 143 Å². The number of aryl methyl sites for hydroxylation is 1. The molecular formula is C95H73NO19S. The number of rotatable bonds is 1. The Morgan fingerprint density at radius 2 is 0.672 bits per heavy atom. The topological polar surface area (TPSA) is 247 Å². The molecule has 20 nitrogen and oxygen atoms in total. The first-order valence-electron chi connectivity index (χ1n) is 38.7. The van der Waals surface area contributed by atoms with Crippen LogP contribution in [0.25, 0.3) is 85.5 Å². The van der Waals surface area contributed by atoms with Crippen LogP contribution in [0.5, 0.6) is 57.5 Å². The lowest BCUT2D eigenvalue weighted by Crippen LogP contribution is -2.20. The lowest BCUT2D eigenvalue weighted by atomic mass is 9.97. The summed E-state index contributed by atoms with van der Waals surface area (Å²) in [5.74, 6) is 7.55. The van der Waals surface area contributed by atoms with Gasteiger partial charge in [0.05, 0.1) is 103 Å². The van der Waals surface area contributed by atoms with E-state index in [4.69, 9.17) is 51.8 Å². The molecule has 9 aliphatic rings. The second kappa shape index (κ2) is 31.7. The summed E-state index contributed by atoms with van der Waals surface area (Å²) in [5.41, 5.74) is 9.12. The highest BCUT2D eigenvalue weighted by molar-refractivity contribution is 7.25. The third kappa shape index (κ3) is 14.4. The molecule has 15 aromatic rings. The number of fused-ring (bicyclic) bond motifs is 21. The van der Waals surface area contributed by atoms with E-state index in [0.29, 0.717) is 161 Å². The molecule has 0 atom stereocenters. The molecule has 0 N–H and O–H groups in total. The molecule has 0 radical (unpaired) electrons. The van der Waals surface area contributed by atoms with Crippen molar-refractivity contribution in [2.75, 3.05) is 59.6 Å². The second-order valence-corrected chi connectivity index (χ2v) is 29.7. The van der Waals surface area contributed by atoms with E-state index in [1.807, 2.05) is 146 Å². The minimum atomic E-state index is 0.0469. The van der Waals surface area contributed by atoms with E-state index in [1.54, 1.807) is 41.7 Å². The minimum Gasteiger partial charge on any atom is -0.492 e. The number of ketones is 8. The number of hydrogen-bond acceptors (Lipinski definition) is 20. The molecule has 9 aliphatic heterocycles. The van der Waals surface area contributed by atoms with Crippen LogP contribution in [0.15, 0.2) is 211 Å². The maximum atomic E-state index is 12.1. The zero-order valence-corrected chi connectivity index (χ0v) is 63.8. The molecule has 0 fully saturated rings. The van der Waals surface area contributed by atoms with Gasteiger partial charge in [0, 0.05) is 111 Å². The van der Waals surface area contributed by atoms with Crippen molar-refractivity contribution in [1.29, 1.82) is 0 Å². The van der Waals surface area contributed by atoms with Gasteiger partial charge >= 0.3 is 0 Å². The lowest BCUT2D eigenvalue weighted by Gasteiger charge is -2.21. The van der Waals surface area contributed by atoms with Crippen LogP contribution in [0.2, 0.25) is 0 Å². The predicted octanol–water partition coefficient (Wildman–Crippen LogP) is 20.0. The van der Waals surface area contributed by atoms with Gasteiger partial charge in [-0.1, -0.05) is 109 Å². The molecule has 21 heteroatoms. The van der Waals surface area contributed by atoms with Crippen LogP contribution in [-0.2, 0) is 6.54 Å². The molecule has 0 saturated carbocycles. The number of ether oxygens (including phenoxy) is 10. The average molecular weight is 1560 g/mol. The number of thiophene rings is 1. The van der Waals surface area contributed by atoms with Crippen molar-refractivity contribution in [3.8, 4) is 57.5 Å². The molecule has 0 saturated heterocycles. The van der Waals surface area contributed by atoms with E-state index >= 15 is 0 Å². The van der Waals surface area contributed by atoms with E-state index in [2.05, 4.69) is 41.8 Å². The fourth-order valence-electron chi connectivity index (χ4n) is 15.7. The molecule has 0 spiro atoms. The average Bonchev–Trinajstić information content (AvgIpc) is 1.58. The summed E-state index contributed by atoms with van der Waals surface area (Å²) in [5, 5.41) is 11.2. The molecule has 0 unspecified atom stereocenters. The van der Waals surface area contributed by atoms with Crippen molar-refractivity contribution in [3.05, 3.63) is 251 Å². The third-order valence-corrected chi connectivity index (χ3v) is 22.7. The number of carbonyl (C=O) groups excluding carboxylic acids is 8. The maximum absolute atomic E-state index is 12.1. The first-order chi connectivity index (χ1) is 56.7. The Bertz CT molecular complexity index is 6410. The van der Waals surface area contributed by atoms with Gasteiger partial charge in [-0.25, -0.2) is 0 Å². The van der Waals surface area contributed by atoms with E-state index in [0.717, 1.165) is 111 Å². The summed E-state index contributed by atoms with van der Waals surface area (Å²) < 4.78 is 64.7. The minimum absolute atomic E-state index is 0.0469. The van der Waals surface area contributed by atoms with Crippen molar-refractivity contribution in [1.82, 2.24) is 4.57 Å². The monoisotopic (exact) mass is 1560 g/mol. The van der Waals surface area contributed by atoms with Gasteiger partial charge in [0.25, 0.3) is 0 Å². The molecule has 12 heterocycles. The van der Waals surface area contributed by atoms with Crippen LogP contribution in [0.4, 0.5) is 0 Å². The highest BCUT2D eigenvalue weighted by atomic mass is 32.1. The number of para-hydroxylation sites is 2. The molecule has 578 valence electrons. The van der Waals surface area contributed by atoms with E-state index < -0.39 is 0 Å². The van der Waals surface area contributed by atoms with E-state index in [-0.39, 0.29) is 53.1 Å². The smallest absolute Gasteiger partial charge is 0.231 e. The zero-order chi connectivity index (χ0) is 79.1. The van der Waals surface area contributed by atoms with Crippen LogP contribution >= 0.6 is 11.3 Å². The molecular weight excluding hydrogens is 1490 g/mol. The second-order valence-electron chi connectivity index (χ2n) is 28.6. The Hall–Kier alpha value is -13.7. The van der Waals surface area contributed by atoms with Crippen LogP contribution in [-0.4, -0.2) is 110 Å². The van der Waals surface area contributed by atoms with Crippen LogP contribution in [0.3, 0.4) is 0 Å². The molecule has 12 aromatic carbocycles. The largest absolute Gasteiger partial charge is 0.492 e. The van der Waals surface area contributed by atoms with Crippen LogP contribution in [0.1, 0.15) is 141 Å². The van der Waals surface area contributed by atoms with Gasteiger partial charge in [-0.2, -0.15) is 0 Å². The molecule has 116 heavy (non-hydrogen) atoms. The first kappa shape index (κ1) is 73.8. The highest BCUT2D eigenvalue weighted by Crippen LogP contribution is 2.44. The molecule has 0 aliphatic carbocycles. The van der Waals surface area contributed by atoms with Gasteiger partial charge in [0.1, 0.15) is 57.2 Å². The molecule has 0 amide bonds. The summed E-state index contributed by atoms with van der Waals surface area (Å²) >= 11 is 1.73. The fraction of sp³-hybridized carbons (Fsp3) is 0.200. The van der Waals surface area contributed by atoms with Crippen molar-refractivity contribution < 1.29 is 90.1 Å². The number of aromatic nitrogens is 1. The van der Waals surface area contributed by atoms with Gasteiger partial charge < -0.3 is 56.4 Å². The number of furan rings is 1. The number of Topliss-reactive ketones (excluding diaryl/α,β-unsaturated/α-hetero) is 8. The first-order valence-corrected chi connectivity index (χ1v) is 39.5. The Labute approximate surface area is 666 Å². The highest BCUT2D eigenvalue weighted by Gasteiger charge is 2.30. The fourth-order valence-corrected chi connectivity index (χ4v) is 16.9. The summed E-state index contributed by atoms with van der Waals surface area (Å²) in [4.78, 5) is 94.0. The standard InChI is InChI=1S/C17H15NO2.C15H10O3.C15H10O2S.2C13H10O2.C12H10O4.C10H8O4/c1-2-18-14-6-4-3-5-11(14)12-10-17-13(9-15(12)18)16(19)7-8-20-17;16-12-5-6-17-14-7-10-9-3-1-2-4-13(9)18-15(10)8-11(12)14;16-12-5-6-17-13-7-10-9-3-1-2-4-14(9)18-15(10)8-11(12)13;14-12-5-6-15-13-8-10-4-2-1-3-9(10)7-11(12)13;14-11-7-8-15-12-6-5-9-3-1-2-4-10(9)13(11)12;13-9-1-3-15-11-6-8-10(14)2-4-16-12(8)5-7(9)11;11-7-1-2-12-8-4-10-9(3-6(7)8)13-5-14-10/h3-6,9-10H,2,7-8H2,1H3;2*1-4,7-8H,5-6H2;1-4,7-8H,5-6H2;1-6H,7-8H2;5-6H,1-4H2;3-4H,1-2,5H2. The Morgan fingerprint density at radius 3 is 1.26 bits per heavy atom. The number of hydrogen-bond donors (Lipinski definition) is 0. The van der Waals surface area contributed by atoms with Gasteiger partial charge in [-0.05, 0) is 119 Å². The van der Waals surface area contributed by atoms with Gasteiger partial charge in [-0.15, -0.1) is 11.3 Å². The Kier molecular flexibility index (Phi) is 20.2. The summed E-state index contributed by atoms with van der Waals surface area (Å²) in [7, 11) is 0. The van der Waals surface area contributed by atoms with E-state index in [9.17, 15) is 38.4 Å². The molecule has 24 rings (SSSR count). The Balaban J connectivity index is 0.0000000939. The lowest BCUT2D eigenvalue weighted by molar-refractivity contribution is 0.0909. The zero-order valence-electron chi connectivity index (χ0n) is 63.0. The third-order valence-electron chi connectivity index (χ3n) is 21.5. The maximum Gasteiger partial charge on any atom is 0.231 e. The summed E-state index contributed by atoms with van der Waals surface area (Å²) in [6.45, 7) is 6.92. The van der Waals surface area contributed by atoms with E-state index in [1.165, 1.54) is 26.4 Å². The van der Waals surface area contributed by atoms with Gasteiger partial charge in [-0.3, -0.25) is 38.4 Å². The quantitative estimate of drug-likeness (QED) is 0.148. The van der Waals surface area contributed by atoms with Crippen LogP contribution < -0.4 is 47.4 Å². The van der Waals surface area contributed by atoms with Crippen LogP contribution in [0, 0.1) is 0 Å². The normalized spacial score (nSPS) is 15.6. The summed E-state index contributed by atoms with van der Waals surface area (Å²) in [6.07, 6.45) is 3.60. The predicted molar refractivity (Wildman–Crippen MR) is 441 cm³/mol. The number of benzene rings is 12. The van der Waals surface area contributed by atoms with Gasteiger partial charge in [0.2, 0.25) is 6.79 Å². The SMILES string of the molecule is CCn1c2ccccc2c2cc3c(cc21)C(=O)CCO3.O=C1CCOc2cc3c(cc21)OCCC3=O.O=C1CCOc2cc3c(cc21)OCO3.O=C1CCOc2cc3c(cc21)oc1ccccc13.O=C1CCOc2cc3c(cc21)sc1ccccc13.O=C1CCOc2cc3ccccc3cc21.O=C1CCOc2ccc3ccccc3c21. The van der Waals surface area contributed by atoms with Crippen molar-refractivity contribution in [2.45, 2.75) is 64.8 Å². The summed E-state index contributed by atoms with van der Waals surface area (Å²) in [6, 6.07) is 66.6. The number of nitrogens with zero attached hydrogens (tertiary/aromatic N) is 1. The molecule has 3 aromatic heterocycles. The molecule has 0 bridgehead atoms. The van der Waals surface area contributed by atoms with Gasteiger partial charge in [0.15, 0.2) is 57.8 Å². The van der Waals surface area contributed by atoms with Crippen molar-refractivity contribution in [2.24, 2.45) is 0 Å². The number of carbonyl (C=O) groups is 8. The van der Waals surface area contributed by atoms with Crippen molar-refractivity contribution in [3.63, 3.8) is 0 Å².